The second-order valence-corrected chi connectivity index (χ2v) is 8.63. The second kappa shape index (κ2) is 9.16. The van der Waals surface area contributed by atoms with E-state index in [-0.39, 0.29) is 5.91 Å². The van der Waals surface area contributed by atoms with Crippen LogP contribution in [0.5, 0.6) is 0 Å². The Morgan fingerprint density at radius 3 is 2.72 bits per heavy atom. The molecule has 0 aliphatic heterocycles. The lowest BCUT2D eigenvalue weighted by atomic mass is 9.90. The van der Waals surface area contributed by atoms with Crippen molar-refractivity contribution in [3.8, 4) is 0 Å². The van der Waals surface area contributed by atoms with Gasteiger partial charge < -0.3 is 14.6 Å². The van der Waals surface area contributed by atoms with E-state index in [2.05, 4.69) is 12.2 Å². The fourth-order valence-corrected chi connectivity index (χ4v) is 4.93. The molecular formula is C23H34N4O2. The Morgan fingerprint density at radius 1 is 1.24 bits per heavy atom. The molecule has 1 amide bonds. The van der Waals surface area contributed by atoms with Gasteiger partial charge in [-0.05, 0) is 51.2 Å². The van der Waals surface area contributed by atoms with Crippen molar-refractivity contribution in [3.63, 3.8) is 0 Å². The number of rotatable bonds is 6. The lowest BCUT2D eigenvalue weighted by Gasteiger charge is -2.29. The Labute approximate surface area is 173 Å². The van der Waals surface area contributed by atoms with Crippen molar-refractivity contribution in [1.29, 1.82) is 0 Å². The monoisotopic (exact) mass is 398 g/mol. The van der Waals surface area contributed by atoms with Gasteiger partial charge in [0.2, 0.25) is 0 Å². The van der Waals surface area contributed by atoms with E-state index >= 15 is 0 Å². The number of aromatic nitrogens is 2. The first-order valence-electron chi connectivity index (χ1n) is 11.3. The fraction of sp³-hybridized carbons (Fsp3) is 0.652. The SMILES string of the molecule is CCn1nc(C(=O)N(C)Cc2ccco2)c2c1CCC(NC1CCCCCC1)C2. The Hall–Kier alpha value is -2.08. The minimum absolute atomic E-state index is 0.0139. The van der Waals surface area contributed by atoms with Crippen LogP contribution in [0.4, 0.5) is 0 Å². The van der Waals surface area contributed by atoms with Gasteiger partial charge in [-0.1, -0.05) is 25.7 Å². The van der Waals surface area contributed by atoms with Crippen LogP contribution in [0.15, 0.2) is 22.8 Å². The molecule has 158 valence electrons. The summed E-state index contributed by atoms with van der Waals surface area (Å²) >= 11 is 0. The van der Waals surface area contributed by atoms with Crippen molar-refractivity contribution < 1.29 is 9.21 Å². The highest BCUT2D eigenvalue weighted by Gasteiger charge is 2.31. The Kier molecular flexibility index (Phi) is 6.38. The van der Waals surface area contributed by atoms with Crippen LogP contribution >= 0.6 is 0 Å². The summed E-state index contributed by atoms with van der Waals surface area (Å²) in [5, 5.41) is 8.64. The van der Waals surface area contributed by atoms with Gasteiger partial charge in [0.15, 0.2) is 5.69 Å². The number of furan rings is 1. The third-order valence-corrected chi connectivity index (χ3v) is 6.50. The number of carbonyl (C=O) groups is 1. The average Bonchev–Trinajstić information content (AvgIpc) is 3.28. The number of hydrogen-bond donors (Lipinski definition) is 1. The van der Waals surface area contributed by atoms with Gasteiger partial charge in [-0.15, -0.1) is 0 Å². The van der Waals surface area contributed by atoms with Crippen molar-refractivity contribution in [2.75, 3.05) is 7.05 Å². The molecule has 0 spiro atoms. The Balaban J connectivity index is 1.49. The molecule has 6 heteroatoms. The van der Waals surface area contributed by atoms with E-state index in [9.17, 15) is 4.79 Å². The minimum atomic E-state index is -0.0139. The zero-order chi connectivity index (χ0) is 20.2. The summed E-state index contributed by atoms with van der Waals surface area (Å²) in [5.74, 6) is 0.775. The molecule has 2 aromatic rings. The first kappa shape index (κ1) is 20.2. The summed E-state index contributed by atoms with van der Waals surface area (Å²) in [6.07, 6.45) is 12.7. The molecule has 1 unspecified atom stereocenters. The molecular weight excluding hydrogens is 364 g/mol. The van der Waals surface area contributed by atoms with Crippen molar-refractivity contribution >= 4 is 5.91 Å². The predicted octanol–water partition coefficient (Wildman–Crippen LogP) is 3.94. The molecule has 1 N–H and O–H groups in total. The van der Waals surface area contributed by atoms with E-state index in [4.69, 9.17) is 9.52 Å². The highest BCUT2D eigenvalue weighted by molar-refractivity contribution is 5.94. The Bertz CT molecular complexity index is 803. The summed E-state index contributed by atoms with van der Waals surface area (Å²) in [4.78, 5) is 14.9. The number of nitrogens with zero attached hydrogens (tertiary/aromatic N) is 3. The molecule has 2 aromatic heterocycles. The molecule has 2 aliphatic carbocycles. The first-order chi connectivity index (χ1) is 14.2. The fourth-order valence-electron chi connectivity index (χ4n) is 4.93. The van der Waals surface area contributed by atoms with Crippen LogP contribution < -0.4 is 5.32 Å². The molecule has 1 saturated carbocycles. The number of aryl methyl sites for hydroxylation is 1. The van der Waals surface area contributed by atoms with E-state index in [1.807, 2.05) is 23.9 Å². The van der Waals surface area contributed by atoms with Gasteiger partial charge in [0.05, 0.1) is 12.8 Å². The van der Waals surface area contributed by atoms with Gasteiger partial charge in [0, 0.05) is 36.9 Å². The molecule has 2 heterocycles. The number of carbonyl (C=O) groups excluding carboxylic acids is 1. The zero-order valence-corrected chi connectivity index (χ0v) is 17.8. The number of nitrogens with one attached hydrogen (secondary N) is 1. The molecule has 2 aliphatic rings. The summed E-state index contributed by atoms with van der Waals surface area (Å²) < 4.78 is 7.44. The molecule has 1 fully saturated rings. The predicted molar refractivity (Wildman–Crippen MR) is 113 cm³/mol. The number of hydrogen-bond acceptors (Lipinski definition) is 4. The van der Waals surface area contributed by atoms with Gasteiger partial charge in [-0.3, -0.25) is 9.48 Å². The van der Waals surface area contributed by atoms with E-state index in [1.165, 1.54) is 44.2 Å². The van der Waals surface area contributed by atoms with Gasteiger partial charge >= 0.3 is 0 Å². The standard InChI is InChI=1S/C23H34N4O2/c1-3-27-21-13-12-18(24-17-9-6-4-5-7-10-17)15-20(21)22(25-27)23(28)26(2)16-19-11-8-14-29-19/h8,11,14,17-18,24H,3-7,9-10,12-13,15-16H2,1-2H3. The zero-order valence-electron chi connectivity index (χ0n) is 17.8. The first-order valence-corrected chi connectivity index (χ1v) is 11.3. The molecule has 4 rings (SSSR count). The van der Waals surface area contributed by atoms with Crippen molar-refractivity contribution in [2.45, 2.75) is 89.9 Å². The molecule has 0 saturated heterocycles. The molecule has 1 atom stereocenters. The maximum absolute atomic E-state index is 13.2. The number of amides is 1. The smallest absolute Gasteiger partial charge is 0.274 e. The van der Waals surface area contributed by atoms with Crippen LogP contribution in [0.1, 0.15) is 79.4 Å². The Morgan fingerprint density at radius 2 is 2.03 bits per heavy atom. The van der Waals surface area contributed by atoms with Gasteiger partial charge in [0.25, 0.3) is 5.91 Å². The van der Waals surface area contributed by atoms with Crippen LogP contribution in [0, 0.1) is 0 Å². The van der Waals surface area contributed by atoms with Crippen LogP contribution in [0.2, 0.25) is 0 Å². The average molecular weight is 399 g/mol. The maximum Gasteiger partial charge on any atom is 0.274 e. The summed E-state index contributed by atoms with van der Waals surface area (Å²) in [5.41, 5.74) is 3.03. The minimum Gasteiger partial charge on any atom is -0.467 e. The topological polar surface area (TPSA) is 63.3 Å². The highest BCUT2D eigenvalue weighted by atomic mass is 16.3. The lowest BCUT2D eigenvalue weighted by Crippen LogP contribution is -2.42. The number of fused-ring (bicyclic) bond motifs is 1. The van der Waals surface area contributed by atoms with Crippen molar-refractivity contribution in [3.05, 3.63) is 41.1 Å². The normalized spacial score (nSPS) is 20.3. The molecule has 0 bridgehead atoms. The van der Waals surface area contributed by atoms with E-state index in [0.717, 1.165) is 37.1 Å². The van der Waals surface area contributed by atoms with E-state index < -0.39 is 0 Å². The van der Waals surface area contributed by atoms with Gasteiger partial charge in [-0.2, -0.15) is 5.10 Å². The van der Waals surface area contributed by atoms with Crippen LogP contribution in [0.25, 0.3) is 0 Å². The molecule has 0 radical (unpaired) electrons. The van der Waals surface area contributed by atoms with Crippen LogP contribution in [-0.2, 0) is 25.9 Å². The van der Waals surface area contributed by atoms with Crippen molar-refractivity contribution in [2.24, 2.45) is 0 Å². The largest absolute Gasteiger partial charge is 0.467 e. The van der Waals surface area contributed by atoms with Crippen molar-refractivity contribution in [1.82, 2.24) is 20.0 Å². The van der Waals surface area contributed by atoms with Crippen LogP contribution in [0.3, 0.4) is 0 Å². The summed E-state index contributed by atoms with van der Waals surface area (Å²) in [7, 11) is 1.83. The van der Waals surface area contributed by atoms with E-state index in [1.54, 1.807) is 11.2 Å². The molecule has 29 heavy (non-hydrogen) atoms. The second-order valence-electron chi connectivity index (χ2n) is 8.63. The van der Waals surface area contributed by atoms with Gasteiger partial charge in [-0.25, -0.2) is 0 Å². The summed E-state index contributed by atoms with van der Waals surface area (Å²) in [6, 6.07) is 4.83. The third kappa shape index (κ3) is 4.58. The van der Waals surface area contributed by atoms with Crippen LogP contribution in [-0.4, -0.2) is 39.7 Å². The molecule has 6 nitrogen and oxygen atoms in total. The molecule has 0 aromatic carbocycles. The van der Waals surface area contributed by atoms with Gasteiger partial charge in [0.1, 0.15) is 5.76 Å². The lowest BCUT2D eigenvalue weighted by molar-refractivity contribution is 0.0767. The van der Waals surface area contributed by atoms with E-state index in [0.29, 0.717) is 24.3 Å². The summed E-state index contributed by atoms with van der Waals surface area (Å²) in [6.45, 7) is 3.37. The third-order valence-electron chi connectivity index (χ3n) is 6.50. The highest BCUT2D eigenvalue weighted by Crippen LogP contribution is 2.27. The quantitative estimate of drug-likeness (QED) is 0.749. The maximum atomic E-state index is 13.2.